The molecular weight excluding hydrogens is 202 g/mol. The first-order valence-corrected chi connectivity index (χ1v) is 6.56. The van der Waals surface area contributed by atoms with Crippen LogP contribution in [0.3, 0.4) is 0 Å². The van der Waals surface area contributed by atoms with Crippen molar-refractivity contribution < 1.29 is 9.90 Å². The first-order chi connectivity index (χ1) is 7.60. The maximum Gasteiger partial charge on any atom is 0.251 e. The van der Waals surface area contributed by atoms with E-state index < -0.39 is 6.10 Å². The Balaban J connectivity index is 2.40. The van der Waals surface area contributed by atoms with Crippen molar-refractivity contribution >= 4 is 5.91 Å². The number of hydrogen-bond acceptors (Lipinski definition) is 2. The smallest absolute Gasteiger partial charge is 0.251 e. The number of aliphatic hydroxyl groups excluding tert-OH is 1. The third-order valence-electron chi connectivity index (χ3n) is 3.97. The molecule has 3 nitrogen and oxygen atoms in total. The summed E-state index contributed by atoms with van der Waals surface area (Å²) < 4.78 is 0. The van der Waals surface area contributed by atoms with Gasteiger partial charge in [0, 0.05) is 13.1 Å². The average Bonchev–Trinajstić information content (AvgIpc) is 2.36. The third kappa shape index (κ3) is 3.21. The van der Waals surface area contributed by atoms with Gasteiger partial charge < -0.3 is 10.0 Å². The number of aliphatic hydroxyl groups is 1. The largest absolute Gasteiger partial charge is 0.383 e. The predicted octanol–water partition coefficient (Wildman–Crippen LogP) is 2.04. The molecule has 16 heavy (non-hydrogen) atoms. The molecule has 1 fully saturated rings. The van der Waals surface area contributed by atoms with Crippen molar-refractivity contribution in [1.82, 2.24) is 4.90 Å². The highest BCUT2D eigenvalue weighted by atomic mass is 16.3. The van der Waals surface area contributed by atoms with Gasteiger partial charge in [0.15, 0.2) is 0 Å². The Hall–Kier alpha value is -0.570. The van der Waals surface area contributed by atoms with Crippen LogP contribution in [-0.4, -0.2) is 35.1 Å². The van der Waals surface area contributed by atoms with E-state index in [1.165, 1.54) is 6.42 Å². The molecule has 0 unspecified atom stereocenters. The molecule has 94 valence electrons. The Labute approximate surface area is 98.8 Å². The normalized spacial score (nSPS) is 21.9. The number of carbonyl (C=O) groups is 1. The number of nitrogens with zero attached hydrogens (tertiary/aromatic N) is 1. The summed E-state index contributed by atoms with van der Waals surface area (Å²) in [5.41, 5.74) is 0. The Kier molecular flexibility index (Phi) is 5.26. The molecular formula is C13H25NO2. The number of rotatable bonds is 4. The second kappa shape index (κ2) is 6.24. The molecule has 0 aliphatic carbocycles. The molecule has 2 atom stereocenters. The molecule has 1 amide bonds. The van der Waals surface area contributed by atoms with Gasteiger partial charge in [0.1, 0.15) is 6.10 Å². The van der Waals surface area contributed by atoms with Gasteiger partial charge in [-0.3, -0.25) is 4.79 Å². The number of likely N-dealkylation sites (tertiary alicyclic amines) is 1. The Morgan fingerprint density at radius 1 is 1.31 bits per heavy atom. The van der Waals surface area contributed by atoms with E-state index in [0.29, 0.717) is 6.42 Å². The van der Waals surface area contributed by atoms with Crippen molar-refractivity contribution in [2.24, 2.45) is 11.8 Å². The molecule has 1 rings (SSSR count). The van der Waals surface area contributed by atoms with Crippen LogP contribution in [0.4, 0.5) is 0 Å². The molecule has 0 bridgehead atoms. The summed E-state index contributed by atoms with van der Waals surface area (Å²) in [6.07, 6.45) is 3.13. The summed E-state index contributed by atoms with van der Waals surface area (Å²) in [7, 11) is 0. The van der Waals surface area contributed by atoms with Gasteiger partial charge in [0.25, 0.3) is 5.91 Å². The summed E-state index contributed by atoms with van der Waals surface area (Å²) in [6, 6.07) is 0. The lowest BCUT2D eigenvalue weighted by Crippen LogP contribution is -2.44. The molecule has 0 spiro atoms. The van der Waals surface area contributed by atoms with Crippen LogP contribution >= 0.6 is 0 Å². The summed E-state index contributed by atoms with van der Waals surface area (Å²) in [5, 5.41) is 9.51. The van der Waals surface area contributed by atoms with Crippen LogP contribution in [0.15, 0.2) is 0 Å². The quantitative estimate of drug-likeness (QED) is 0.798. The van der Waals surface area contributed by atoms with Gasteiger partial charge in [0.2, 0.25) is 0 Å². The fourth-order valence-electron chi connectivity index (χ4n) is 2.41. The number of hydrogen-bond donors (Lipinski definition) is 1. The Morgan fingerprint density at radius 3 is 2.31 bits per heavy atom. The van der Waals surface area contributed by atoms with Crippen molar-refractivity contribution in [2.75, 3.05) is 13.1 Å². The lowest BCUT2D eigenvalue weighted by Gasteiger charge is -2.35. The number of carbonyl (C=O) groups excluding carboxylic acids is 1. The maximum atomic E-state index is 11.8. The van der Waals surface area contributed by atoms with Crippen LogP contribution in [0, 0.1) is 11.8 Å². The Morgan fingerprint density at radius 2 is 1.88 bits per heavy atom. The Bertz CT molecular complexity index is 222. The second-order valence-electron chi connectivity index (χ2n) is 4.97. The van der Waals surface area contributed by atoms with Crippen molar-refractivity contribution in [2.45, 2.75) is 52.6 Å². The highest BCUT2D eigenvalue weighted by molar-refractivity contribution is 5.80. The standard InChI is InChI=1S/C13H25NO2/c1-4-10(3)11-6-8-14(9-7-11)13(16)12(15)5-2/h10-12,15H,4-9H2,1-3H3/t10-,12-/m0/s1. The molecule has 1 aliphatic rings. The van der Waals surface area contributed by atoms with Gasteiger partial charge in [-0.1, -0.05) is 27.2 Å². The fraction of sp³-hybridized carbons (Fsp3) is 0.923. The summed E-state index contributed by atoms with van der Waals surface area (Å²) >= 11 is 0. The molecule has 3 heteroatoms. The first-order valence-electron chi connectivity index (χ1n) is 6.56. The third-order valence-corrected chi connectivity index (χ3v) is 3.97. The van der Waals surface area contributed by atoms with Crippen molar-refractivity contribution in [1.29, 1.82) is 0 Å². The van der Waals surface area contributed by atoms with E-state index in [9.17, 15) is 9.90 Å². The van der Waals surface area contributed by atoms with E-state index in [-0.39, 0.29) is 5.91 Å². The first kappa shape index (κ1) is 13.5. The van der Waals surface area contributed by atoms with E-state index >= 15 is 0 Å². The molecule has 0 aromatic heterocycles. The van der Waals surface area contributed by atoms with E-state index in [1.807, 2.05) is 11.8 Å². The van der Waals surface area contributed by atoms with Crippen LogP contribution < -0.4 is 0 Å². The monoisotopic (exact) mass is 227 g/mol. The minimum atomic E-state index is -0.792. The van der Waals surface area contributed by atoms with Crippen LogP contribution in [0.5, 0.6) is 0 Å². The van der Waals surface area contributed by atoms with Gasteiger partial charge in [-0.2, -0.15) is 0 Å². The predicted molar refractivity (Wildman–Crippen MR) is 65.1 cm³/mol. The zero-order valence-electron chi connectivity index (χ0n) is 10.8. The molecule has 0 aromatic rings. The topological polar surface area (TPSA) is 40.5 Å². The zero-order valence-corrected chi connectivity index (χ0v) is 10.8. The van der Waals surface area contributed by atoms with E-state index in [1.54, 1.807) is 0 Å². The summed E-state index contributed by atoms with van der Waals surface area (Å²) in [6.45, 7) is 8.01. The maximum absolute atomic E-state index is 11.8. The van der Waals surface area contributed by atoms with Crippen LogP contribution in [-0.2, 0) is 4.79 Å². The van der Waals surface area contributed by atoms with E-state index in [4.69, 9.17) is 0 Å². The summed E-state index contributed by atoms with van der Waals surface area (Å²) in [5.74, 6) is 1.44. The molecule has 1 N–H and O–H groups in total. The van der Waals surface area contributed by atoms with E-state index in [2.05, 4.69) is 13.8 Å². The fourth-order valence-corrected chi connectivity index (χ4v) is 2.41. The highest BCUT2D eigenvalue weighted by Gasteiger charge is 2.27. The van der Waals surface area contributed by atoms with Gasteiger partial charge in [-0.05, 0) is 31.1 Å². The molecule has 0 radical (unpaired) electrons. The van der Waals surface area contributed by atoms with Gasteiger partial charge >= 0.3 is 0 Å². The van der Waals surface area contributed by atoms with Crippen LogP contribution in [0.2, 0.25) is 0 Å². The van der Waals surface area contributed by atoms with Crippen molar-refractivity contribution in [3.63, 3.8) is 0 Å². The highest BCUT2D eigenvalue weighted by Crippen LogP contribution is 2.27. The molecule has 1 saturated heterocycles. The molecule has 0 aromatic carbocycles. The second-order valence-corrected chi connectivity index (χ2v) is 4.97. The molecule has 1 heterocycles. The average molecular weight is 227 g/mol. The van der Waals surface area contributed by atoms with Crippen molar-refractivity contribution in [3.8, 4) is 0 Å². The molecule has 0 saturated carbocycles. The number of amides is 1. The lowest BCUT2D eigenvalue weighted by atomic mass is 9.84. The number of piperidine rings is 1. The van der Waals surface area contributed by atoms with Crippen molar-refractivity contribution in [3.05, 3.63) is 0 Å². The molecule has 1 aliphatic heterocycles. The zero-order chi connectivity index (χ0) is 12.1. The minimum Gasteiger partial charge on any atom is -0.383 e. The van der Waals surface area contributed by atoms with E-state index in [0.717, 1.165) is 37.8 Å². The summed E-state index contributed by atoms with van der Waals surface area (Å²) in [4.78, 5) is 13.6. The lowest BCUT2D eigenvalue weighted by molar-refractivity contribution is -0.141. The van der Waals surface area contributed by atoms with Crippen LogP contribution in [0.1, 0.15) is 46.5 Å². The van der Waals surface area contributed by atoms with Gasteiger partial charge in [-0.15, -0.1) is 0 Å². The van der Waals surface area contributed by atoms with Gasteiger partial charge in [0.05, 0.1) is 0 Å². The SMILES string of the molecule is CC[C@H](O)C(=O)N1CCC([C@@H](C)CC)CC1. The van der Waals surface area contributed by atoms with Gasteiger partial charge in [-0.25, -0.2) is 0 Å². The minimum absolute atomic E-state index is 0.0786. The van der Waals surface area contributed by atoms with Crippen LogP contribution in [0.25, 0.3) is 0 Å².